The number of fused-ring (bicyclic) bond motifs is 8. The third-order valence-corrected chi connectivity index (χ3v) is 9.53. The first-order valence-electron chi connectivity index (χ1n) is 14.6. The van der Waals surface area contributed by atoms with E-state index in [0.29, 0.717) is 11.4 Å². The van der Waals surface area contributed by atoms with E-state index in [0.717, 1.165) is 45.6 Å². The highest BCUT2D eigenvalue weighted by Gasteiger charge is 2.37. The zero-order valence-electron chi connectivity index (χ0n) is 26.0. The summed E-state index contributed by atoms with van der Waals surface area (Å²) in [6, 6.07) is 21.2. The maximum Gasteiger partial charge on any atom is 0.269 e. The van der Waals surface area contributed by atoms with E-state index in [1.807, 2.05) is 0 Å². The van der Waals surface area contributed by atoms with Gasteiger partial charge in [0.25, 0.3) is 5.69 Å². The second-order valence-corrected chi connectivity index (χ2v) is 13.8. The van der Waals surface area contributed by atoms with Crippen LogP contribution in [0.15, 0.2) is 77.0 Å². The summed E-state index contributed by atoms with van der Waals surface area (Å²) in [6.07, 6.45) is 0. The number of aromatic amines is 4. The molecule has 222 valence electrons. The summed E-state index contributed by atoms with van der Waals surface area (Å²) in [5.41, 5.74) is 8.42. The Morgan fingerprint density at radius 2 is 0.930 bits per heavy atom. The minimum Gasteiger partial charge on any atom is -0.361 e. The van der Waals surface area contributed by atoms with E-state index in [9.17, 15) is 10.1 Å². The molecule has 6 rings (SSSR count). The van der Waals surface area contributed by atoms with E-state index in [4.69, 9.17) is 5.11 Å². The van der Waals surface area contributed by atoms with Crippen molar-refractivity contribution < 1.29 is 4.92 Å². The van der Waals surface area contributed by atoms with Gasteiger partial charge < -0.3 is 19.9 Å². The number of nitrogens with zero attached hydrogens (tertiary/aromatic N) is 3. The SMILES string of the molecule is CC1(C)c2ccc([nH]2)C(C)(C)c2ccc([nH]2)C(C)(C)c2[nH]c(cc2N=Nc2ccc([N+](=O)[O-])cc2)C(C)(C)c2ccc1[nH]2. The lowest BCUT2D eigenvalue weighted by Crippen LogP contribution is -2.26. The lowest BCUT2D eigenvalue weighted by atomic mass is 9.85. The standard InChI is InChI=1S/C34H39N7O2/c1-31(2)23-13-14-24(35-23)32(3,4)26-17-18-28(37-26)34(7,8)30-22(40-39-20-9-11-21(12-10-20)41(42)43)19-29(38-30)33(5,6)27-16-15-25(31)36-27/h9-19,35-38H,1-8H3. The van der Waals surface area contributed by atoms with E-state index < -0.39 is 15.8 Å². The summed E-state index contributed by atoms with van der Waals surface area (Å²) in [7, 11) is 0. The lowest BCUT2D eigenvalue weighted by Gasteiger charge is -2.28. The molecule has 4 N–H and O–H groups in total. The van der Waals surface area contributed by atoms with Crippen LogP contribution < -0.4 is 0 Å². The fourth-order valence-corrected chi connectivity index (χ4v) is 6.03. The molecule has 0 saturated carbocycles. The molecule has 5 aromatic rings. The van der Waals surface area contributed by atoms with Crippen molar-refractivity contribution in [3.8, 4) is 0 Å². The average Bonchev–Trinajstić information content (AvgIpc) is 3.77. The van der Waals surface area contributed by atoms with Crippen molar-refractivity contribution in [1.82, 2.24) is 19.9 Å². The number of aromatic nitrogens is 4. The van der Waals surface area contributed by atoms with Gasteiger partial charge in [-0.05, 0) is 110 Å². The summed E-state index contributed by atoms with van der Waals surface area (Å²) >= 11 is 0. The van der Waals surface area contributed by atoms with Gasteiger partial charge in [-0.25, -0.2) is 0 Å². The number of H-pyrrole nitrogens is 4. The molecule has 1 aliphatic heterocycles. The van der Waals surface area contributed by atoms with Gasteiger partial charge in [0.1, 0.15) is 5.69 Å². The maximum absolute atomic E-state index is 11.1. The highest BCUT2D eigenvalue weighted by atomic mass is 16.6. The third kappa shape index (κ3) is 4.54. The molecule has 0 radical (unpaired) electrons. The fourth-order valence-electron chi connectivity index (χ4n) is 6.03. The molecular weight excluding hydrogens is 538 g/mol. The van der Waals surface area contributed by atoms with Crippen LogP contribution in [-0.2, 0) is 21.7 Å². The summed E-state index contributed by atoms with van der Waals surface area (Å²) in [5, 5.41) is 20.3. The summed E-state index contributed by atoms with van der Waals surface area (Å²) in [6.45, 7) is 17.7. The van der Waals surface area contributed by atoms with Gasteiger partial charge in [0.05, 0.1) is 16.3 Å². The average molecular weight is 578 g/mol. The number of hydrogen-bond acceptors (Lipinski definition) is 4. The molecular formula is C34H39N7O2. The number of nitrogens with one attached hydrogen (secondary N) is 4. The van der Waals surface area contributed by atoms with Crippen molar-refractivity contribution >= 4 is 17.1 Å². The molecule has 0 fully saturated rings. The summed E-state index contributed by atoms with van der Waals surface area (Å²) in [5.74, 6) is 0. The number of rotatable bonds is 3. The molecule has 0 saturated heterocycles. The highest BCUT2D eigenvalue weighted by Crippen LogP contribution is 2.44. The minimum atomic E-state index is -0.479. The Kier molecular flexibility index (Phi) is 6.24. The van der Waals surface area contributed by atoms with Gasteiger partial charge in [0.2, 0.25) is 0 Å². The molecule has 43 heavy (non-hydrogen) atoms. The smallest absolute Gasteiger partial charge is 0.269 e. The number of nitro groups is 1. The van der Waals surface area contributed by atoms with Crippen LogP contribution >= 0.6 is 0 Å². The molecule has 8 bridgehead atoms. The second-order valence-electron chi connectivity index (χ2n) is 13.8. The van der Waals surface area contributed by atoms with Gasteiger partial charge in [0, 0.05) is 73.7 Å². The molecule has 1 aromatic carbocycles. The number of nitro benzene ring substituents is 1. The van der Waals surface area contributed by atoms with E-state index in [2.05, 4.69) is 123 Å². The van der Waals surface area contributed by atoms with Crippen LogP contribution in [0.2, 0.25) is 0 Å². The monoisotopic (exact) mass is 577 g/mol. The lowest BCUT2D eigenvalue weighted by molar-refractivity contribution is -0.384. The molecule has 9 nitrogen and oxygen atoms in total. The van der Waals surface area contributed by atoms with Crippen LogP contribution in [-0.4, -0.2) is 24.9 Å². The van der Waals surface area contributed by atoms with Crippen molar-refractivity contribution in [2.24, 2.45) is 10.2 Å². The molecule has 1 aliphatic rings. The van der Waals surface area contributed by atoms with Gasteiger partial charge in [0.15, 0.2) is 0 Å². The zero-order chi connectivity index (χ0) is 30.9. The Bertz CT molecular complexity index is 1860. The highest BCUT2D eigenvalue weighted by molar-refractivity contribution is 5.55. The van der Waals surface area contributed by atoms with Gasteiger partial charge in [-0.1, -0.05) is 0 Å². The number of azo groups is 1. The van der Waals surface area contributed by atoms with Crippen LogP contribution in [0.1, 0.15) is 101 Å². The van der Waals surface area contributed by atoms with E-state index in [1.165, 1.54) is 12.1 Å². The largest absolute Gasteiger partial charge is 0.361 e. The first-order valence-corrected chi connectivity index (χ1v) is 14.6. The van der Waals surface area contributed by atoms with E-state index in [-0.39, 0.29) is 16.5 Å². The molecule has 0 amide bonds. The van der Waals surface area contributed by atoms with Crippen molar-refractivity contribution in [3.05, 3.63) is 122 Å². The first-order chi connectivity index (χ1) is 20.1. The molecule has 0 spiro atoms. The van der Waals surface area contributed by atoms with Gasteiger partial charge in [-0.2, -0.15) is 5.11 Å². The molecule has 4 aromatic heterocycles. The van der Waals surface area contributed by atoms with Crippen LogP contribution in [0.4, 0.5) is 17.1 Å². The Hall–Kier alpha value is -4.66. The quantitative estimate of drug-likeness (QED) is 0.0969. The molecule has 5 heterocycles. The molecule has 0 unspecified atom stereocenters. The Morgan fingerprint density at radius 1 is 0.535 bits per heavy atom. The number of non-ortho nitro benzene ring substituents is 1. The van der Waals surface area contributed by atoms with Crippen molar-refractivity contribution in [2.75, 3.05) is 0 Å². The van der Waals surface area contributed by atoms with Crippen LogP contribution in [0.5, 0.6) is 0 Å². The molecule has 0 aliphatic carbocycles. The van der Waals surface area contributed by atoms with Crippen LogP contribution in [0, 0.1) is 10.1 Å². The third-order valence-electron chi connectivity index (χ3n) is 9.53. The molecule has 0 atom stereocenters. The maximum atomic E-state index is 11.1. The second kappa shape index (κ2) is 9.42. The van der Waals surface area contributed by atoms with E-state index in [1.54, 1.807) is 12.1 Å². The first kappa shape index (κ1) is 28.5. The predicted octanol–water partition coefficient (Wildman–Crippen LogP) is 8.94. The Labute approximate surface area is 251 Å². The summed E-state index contributed by atoms with van der Waals surface area (Å²) in [4.78, 5) is 25.7. The topological polar surface area (TPSA) is 131 Å². The van der Waals surface area contributed by atoms with Crippen molar-refractivity contribution in [2.45, 2.75) is 77.0 Å². The fraction of sp³-hybridized carbons (Fsp3) is 0.353. The Morgan fingerprint density at radius 3 is 1.35 bits per heavy atom. The van der Waals surface area contributed by atoms with Crippen LogP contribution in [0.3, 0.4) is 0 Å². The number of benzene rings is 1. The predicted molar refractivity (Wildman–Crippen MR) is 169 cm³/mol. The van der Waals surface area contributed by atoms with Gasteiger partial charge in [-0.15, -0.1) is 5.11 Å². The van der Waals surface area contributed by atoms with Crippen molar-refractivity contribution in [1.29, 1.82) is 0 Å². The van der Waals surface area contributed by atoms with Gasteiger partial charge >= 0.3 is 0 Å². The van der Waals surface area contributed by atoms with Gasteiger partial charge in [-0.3, -0.25) is 10.1 Å². The molecule has 9 heteroatoms. The Balaban J connectivity index is 1.54. The van der Waals surface area contributed by atoms with Crippen LogP contribution in [0.25, 0.3) is 0 Å². The summed E-state index contributed by atoms with van der Waals surface area (Å²) < 4.78 is 0. The minimum absolute atomic E-state index is 0.0184. The van der Waals surface area contributed by atoms with E-state index >= 15 is 0 Å². The number of hydrogen-bond donors (Lipinski definition) is 4. The zero-order valence-corrected chi connectivity index (χ0v) is 26.0. The normalized spacial score (nSPS) is 18.1. The van der Waals surface area contributed by atoms with Crippen molar-refractivity contribution in [3.63, 3.8) is 0 Å².